The molecule has 0 spiro atoms. The molecule has 0 saturated heterocycles. The predicted octanol–water partition coefficient (Wildman–Crippen LogP) is 4.86. The van der Waals surface area contributed by atoms with E-state index in [4.69, 9.17) is 16.3 Å². The van der Waals surface area contributed by atoms with Crippen LogP contribution in [0.15, 0.2) is 48.5 Å². The van der Waals surface area contributed by atoms with Crippen molar-refractivity contribution in [3.05, 3.63) is 64.7 Å². The van der Waals surface area contributed by atoms with Crippen LogP contribution in [-0.2, 0) is 10.5 Å². The summed E-state index contributed by atoms with van der Waals surface area (Å²) in [6.45, 7) is 4.65. The van der Waals surface area contributed by atoms with Gasteiger partial charge in [-0.1, -0.05) is 54.4 Å². The zero-order valence-electron chi connectivity index (χ0n) is 14.6. The first-order valence-corrected chi connectivity index (χ1v) is 9.95. The van der Waals surface area contributed by atoms with Crippen molar-refractivity contribution < 1.29 is 9.53 Å². The van der Waals surface area contributed by atoms with Crippen molar-refractivity contribution in [3.8, 4) is 5.75 Å². The van der Waals surface area contributed by atoms with E-state index < -0.39 is 6.10 Å². The number of benzene rings is 2. The molecule has 1 N–H and O–H groups in total. The van der Waals surface area contributed by atoms with Crippen molar-refractivity contribution in [2.75, 3.05) is 12.3 Å². The van der Waals surface area contributed by atoms with Gasteiger partial charge in [0.25, 0.3) is 5.91 Å². The number of rotatable bonds is 9. The second-order valence-electron chi connectivity index (χ2n) is 5.80. The first-order chi connectivity index (χ1) is 12.1. The minimum atomic E-state index is -0.499. The number of hydrogen-bond donors (Lipinski definition) is 1. The molecule has 0 bridgehead atoms. The second kappa shape index (κ2) is 10.4. The molecule has 0 saturated carbocycles. The fraction of sp³-hybridized carbons (Fsp3) is 0.350. The SMILES string of the molecule is CC[C@H](Oc1cccc(Cl)c1)C(=O)NCCSCc1ccc(C)cc1. The molecule has 3 nitrogen and oxygen atoms in total. The van der Waals surface area contributed by atoms with Gasteiger partial charge in [-0.2, -0.15) is 11.8 Å². The Labute approximate surface area is 159 Å². The zero-order chi connectivity index (χ0) is 18.1. The van der Waals surface area contributed by atoms with Crippen molar-refractivity contribution in [2.24, 2.45) is 0 Å². The van der Waals surface area contributed by atoms with Crippen molar-refractivity contribution in [2.45, 2.75) is 32.1 Å². The van der Waals surface area contributed by atoms with Gasteiger partial charge in [0.05, 0.1) is 0 Å². The van der Waals surface area contributed by atoms with Crippen LogP contribution in [0.2, 0.25) is 5.02 Å². The van der Waals surface area contributed by atoms with E-state index in [1.165, 1.54) is 11.1 Å². The van der Waals surface area contributed by atoms with Crippen LogP contribution in [0.25, 0.3) is 0 Å². The number of hydrogen-bond acceptors (Lipinski definition) is 3. The molecule has 1 amide bonds. The standard InChI is InChI=1S/C20H24ClNO2S/c1-3-19(24-18-6-4-5-17(21)13-18)20(23)22-11-12-25-14-16-9-7-15(2)8-10-16/h4-10,13,19H,3,11-12,14H2,1-2H3,(H,22,23)/t19-/m0/s1. The van der Waals surface area contributed by atoms with Gasteiger partial charge in [-0.15, -0.1) is 0 Å². The van der Waals surface area contributed by atoms with Crippen LogP contribution in [0.3, 0.4) is 0 Å². The summed E-state index contributed by atoms with van der Waals surface area (Å²) in [5.41, 5.74) is 2.57. The van der Waals surface area contributed by atoms with Crippen LogP contribution >= 0.6 is 23.4 Å². The fourth-order valence-electron chi connectivity index (χ4n) is 2.26. The van der Waals surface area contributed by atoms with E-state index in [1.807, 2.05) is 13.0 Å². The van der Waals surface area contributed by atoms with Crippen molar-refractivity contribution in [3.63, 3.8) is 0 Å². The average Bonchev–Trinajstić information content (AvgIpc) is 2.61. The van der Waals surface area contributed by atoms with Gasteiger partial charge in [-0.05, 0) is 37.1 Å². The maximum atomic E-state index is 12.3. The fourth-order valence-corrected chi connectivity index (χ4v) is 3.26. The van der Waals surface area contributed by atoms with Gasteiger partial charge in [0, 0.05) is 23.1 Å². The normalized spacial score (nSPS) is 11.8. The van der Waals surface area contributed by atoms with E-state index in [1.54, 1.807) is 30.0 Å². The Morgan fingerprint density at radius 2 is 2.00 bits per heavy atom. The number of nitrogens with one attached hydrogen (secondary N) is 1. The lowest BCUT2D eigenvalue weighted by Gasteiger charge is -2.17. The molecule has 2 aromatic carbocycles. The molecule has 1 atom stereocenters. The predicted molar refractivity (Wildman–Crippen MR) is 107 cm³/mol. The maximum absolute atomic E-state index is 12.3. The molecule has 134 valence electrons. The molecule has 0 radical (unpaired) electrons. The Morgan fingerprint density at radius 1 is 1.24 bits per heavy atom. The van der Waals surface area contributed by atoms with E-state index in [9.17, 15) is 4.79 Å². The summed E-state index contributed by atoms with van der Waals surface area (Å²) in [7, 11) is 0. The average molecular weight is 378 g/mol. The number of halogens is 1. The van der Waals surface area contributed by atoms with Gasteiger partial charge in [0.15, 0.2) is 6.10 Å². The van der Waals surface area contributed by atoms with E-state index in [-0.39, 0.29) is 5.91 Å². The minimum Gasteiger partial charge on any atom is -0.481 e. The summed E-state index contributed by atoms with van der Waals surface area (Å²) in [5, 5.41) is 3.54. The molecule has 0 aliphatic rings. The van der Waals surface area contributed by atoms with Gasteiger partial charge in [0.2, 0.25) is 0 Å². The lowest BCUT2D eigenvalue weighted by atomic mass is 10.2. The molecular formula is C20H24ClNO2S. The molecule has 0 heterocycles. The minimum absolute atomic E-state index is 0.0848. The van der Waals surface area contributed by atoms with Crippen LogP contribution in [0, 0.1) is 6.92 Å². The van der Waals surface area contributed by atoms with Crippen LogP contribution in [0.5, 0.6) is 5.75 Å². The van der Waals surface area contributed by atoms with E-state index >= 15 is 0 Å². The lowest BCUT2D eigenvalue weighted by molar-refractivity contribution is -0.127. The van der Waals surface area contributed by atoms with Crippen LogP contribution in [0.4, 0.5) is 0 Å². The molecule has 0 aromatic heterocycles. The summed E-state index contributed by atoms with van der Waals surface area (Å²) in [6, 6.07) is 15.6. The van der Waals surface area contributed by atoms with Gasteiger partial charge < -0.3 is 10.1 Å². The van der Waals surface area contributed by atoms with Crippen molar-refractivity contribution in [1.29, 1.82) is 0 Å². The Balaban J connectivity index is 1.69. The highest BCUT2D eigenvalue weighted by Gasteiger charge is 2.17. The summed E-state index contributed by atoms with van der Waals surface area (Å²) in [6.07, 6.45) is 0.107. The second-order valence-corrected chi connectivity index (χ2v) is 7.34. The highest BCUT2D eigenvalue weighted by atomic mass is 35.5. The molecule has 5 heteroatoms. The number of ether oxygens (including phenoxy) is 1. The third-order valence-corrected chi connectivity index (χ3v) is 4.94. The molecule has 0 fully saturated rings. The molecule has 0 aliphatic heterocycles. The molecule has 0 aliphatic carbocycles. The number of carbonyl (C=O) groups excluding carboxylic acids is 1. The summed E-state index contributed by atoms with van der Waals surface area (Å²) in [4.78, 5) is 12.3. The van der Waals surface area contributed by atoms with E-state index in [2.05, 4.69) is 36.5 Å². The molecule has 2 rings (SSSR count). The van der Waals surface area contributed by atoms with Crippen molar-refractivity contribution >= 4 is 29.3 Å². The highest BCUT2D eigenvalue weighted by Crippen LogP contribution is 2.19. The molecule has 2 aromatic rings. The van der Waals surface area contributed by atoms with Crippen LogP contribution in [0.1, 0.15) is 24.5 Å². The Hall–Kier alpha value is -1.65. The zero-order valence-corrected chi connectivity index (χ0v) is 16.2. The third kappa shape index (κ3) is 7.00. The first-order valence-electron chi connectivity index (χ1n) is 8.41. The molecule has 25 heavy (non-hydrogen) atoms. The van der Waals surface area contributed by atoms with Crippen LogP contribution < -0.4 is 10.1 Å². The highest BCUT2D eigenvalue weighted by molar-refractivity contribution is 7.98. The van der Waals surface area contributed by atoms with Gasteiger partial charge in [-0.25, -0.2) is 0 Å². The quantitative estimate of drug-likeness (QED) is 0.634. The summed E-state index contributed by atoms with van der Waals surface area (Å²) >= 11 is 7.75. The smallest absolute Gasteiger partial charge is 0.261 e. The number of thioether (sulfide) groups is 1. The number of carbonyl (C=O) groups is 1. The Morgan fingerprint density at radius 3 is 2.68 bits per heavy atom. The van der Waals surface area contributed by atoms with Crippen molar-refractivity contribution in [1.82, 2.24) is 5.32 Å². The van der Waals surface area contributed by atoms with E-state index in [0.717, 1.165) is 11.5 Å². The Kier molecular flexibility index (Phi) is 8.16. The monoisotopic (exact) mass is 377 g/mol. The lowest BCUT2D eigenvalue weighted by Crippen LogP contribution is -2.39. The Bertz CT molecular complexity index is 676. The summed E-state index contributed by atoms with van der Waals surface area (Å²) in [5.74, 6) is 2.35. The number of amides is 1. The maximum Gasteiger partial charge on any atom is 0.261 e. The van der Waals surface area contributed by atoms with Crippen LogP contribution in [-0.4, -0.2) is 24.3 Å². The molecule has 0 unspecified atom stereocenters. The third-order valence-electron chi connectivity index (χ3n) is 3.67. The number of aryl methyl sites for hydroxylation is 1. The largest absolute Gasteiger partial charge is 0.481 e. The van der Waals surface area contributed by atoms with Gasteiger partial charge in [-0.3, -0.25) is 4.79 Å². The van der Waals surface area contributed by atoms with Gasteiger partial charge in [0.1, 0.15) is 5.75 Å². The van der Waals surface area contributed by atoms with Gasteiger partial charge >= 0.3 is 0 Å². The first kappa shape index (κ1) is 19.7. The topological polar surface area (TPSA) is 38.3 Å². The summed E-state index contributed by atoms with van der Waals surface area (Å²) < 4.78 is 5.74. The molecular weight excluding hydrogens is 354 g/mol. The van der Waals surface area contributed by atoms with E-state index in [0.29, 0.717) is 23.7 Å².